The Morgan fingerprint density at radius 1 is 1.03 bits per heavy atom. The molecular formula is C45H50ClFN10O5. The Balaban J connectivity index is 0.790. The zero-order valence-corrected chi connectivity index (χ0v) is 35.5. The molecule has 2 atom stereocenters. The number of nitrogen functional groups attached to an aromatic ring is 1. The lowest BCUT2D eigenvalue weighted by Gasteiger charge is -2.41. The van der Waals surface area contributed by atoms with Crippen molar-refractivity contribution in [1.82, 2.24) is 34.9 Å². The molecule has 2 aromatic carbocycles. The lowest BCUT2D eigenvalue weighted by atomic mass is 9.91. The smallest absolute Gasteiger partial charge is 0.328 e. The number of halogens is 2. The summed E-state index contributed by atoms with van der Waals surface area (Å²) in [5, 5.41) is 22.5. The summed E-state index contributed by atoms with van der Waals surface area (Å²) in [7, 11) is 0. The topological polar surface area (TPSA) is 175 Å². The number of nitrogens with two attached hydrogens (primary N) is 1. The van der Waals surface area contributed by atoms with E-state index in [0.29, 0.717) is 72.5 Å². The Morgan fingerprint density at radius 2 is 1.81 bits per heavy atom. The minimum atomic E-state index is -1.41. The van der Waals surface area contributed by atoms with Gasteiger partial charge in [-0.3, -0.25) is 19.8 Å². The number of aromatic nitrogens is 4. The summed E-state index contributed by atoms with van der Waals surface area (Å²) < 4.78 is 25.0. The minimum Gasteiger partial charge on any atom is -0.507 e. The van der Waals surface area contributed by atoms with Crippen molar-refractivity contribution in [2.75, 3.05) is 67.9 Å². The van der Waals surface area contributed by atoms with Gasteiger partial charge in [0.1, 0.15) is 23.2 Å². The Kier molecular flexibility index (Phi) is 11.2. The number of phenols is 1. The van der Waals surface area contributed by atoms with Crippen LogP contribution in [0.3, 0.4) is 0 Å². The highest BCUT2D eigenvalue weighted by Gasteiger charge is 2.39. The van der Waals surface area contributed by atoms with Crippen molar-refractivity contribution in [2.45, 2.75) is 69.9 Å². The zero-order valence-electron chi connectivity index (χ0n) is 34.8. The number of hydrogen-bond donors (Lipinski definition) is 3. The van der Waals surface area contributed by atoms with E-state index in [1.807, 2.05) is 38.1 Å². The zero-order chi connectivity index (χ0) is 43.3. The number of piperidine rings is 2. The molecule has 0 radical (unpaired) electrons. The molecule has 4 N–H and O–H groups in total. The van der Waals surface area contributed by atoms with Crippen molar-refractivity contribution in [3.8, 4) is 17.0 Å². The lowest BCUT2D eigenvalue weighted by molar-refractivity contribution is -0.120. The van der Waals surface area contributed by atoms with Crippen molar-refractivity contribution in [2.24, 2.45) is 0 Å². The molecule has 0 aliphatic carbocycles. The predicted octanol–water partition coefficient (Wildman–Crippen LogP) is 6.44. The predicted molar refractivity (Wildman–Crippen MR) is 234 cm³/mol. The van der Waals surface area contributed by atoms with Gasteiger partial charge in [-0.05, 0) is 74.2 Å². The molecule has 4 fully saturated rings. The lowest BCUT2D eigenvalue weighted by Crippen LogP contribution is -2.51. The second-order valence-corrected chi connectivity index (χ2v) is 17.5. The fraction of sp³-hybridized carbons (Fsp3) is 0.422. The largest absolute Gasteiger partial charge is 0.507 e. The van der Waals surface area contributed by atoms with Gasteiger partial charge in [0, 0.05) is 94.8 Å². The van der Waals surface area contributed by atoms with E-state index in [1.165, 1.54) is 0 Å². The highest BCUT2D eigenvalue weighted by Crippen LogP contribution is 2.38. The summed E-state index contributed by atoms with van der Waals surface area (Å²) >= 11 is 6.81. The van der Waals surface area contributed by atoms with Crippen LogP contribution in [0.25, 0.3) is 22.3 Å². The van der Waals surface area contributed by atoms with E-state index in [9.17, 15) is 19.5 Å². The number of aromatic hydroxyl groups is 1. The highest BCUT2D eigenvalue weighted by molar-refractivity contribution is 6.33. The van der Waals surface area contributed by atoms with E-state index < -0.39 is 11.7 Å². The molecule has 4 aliphatic heterocycles. The van der Waals surface area contributed by atoms with Crippen molar-refractivity contribution >= 4 is 57.7 Å². The fourth-order valence-electron chi connectivity index (χ4n) is 9.42. The number of nitrogens with one attached hydrogen (secondary N) is 1. The number of imide groups is 1. The van der Waals surface area contributed by atoms with Gasteiger partial charge in [0.15, 0.2) is 5.82 Å². The number of morpholine rings is 1. The number of amides is 4. The van der Waals surface area contributed by atoms with Crippen molar-refractivity contribution < 1.29 is 28.6 Å². The molecule has 5 aromatic rings. The summed E-state index contributed by atoms with van der Waals surface area (Å²) in [6.45, 7) is 7.72. The molecule has 17 heteroatoms. The molecule has 4 amide bonds. The van der Waals surface area contributed by atoms with Crippen LogP contribution < -0.4 is 20.9 Å². The summed E-state index contributed by atoms with van der Waals surface area (Å²) in [4.78, 5) is 50.1. The Labute approximate surface area is 363 Å². The number of nitrogens with zero attached hydrogens (tertiary/aromatic N) is 8. The molecule has 62 heavy (non-hydrogen) atoms. The van der Waals surface area contributed by atoms with E-state index in [4.69, 9.17) is 27.1 Å². The summed E-state index contributed by atoms with van der Waals surface area (Å²) in [6, 6.07) is 15.8. The number of likely N-dealkylation sites (tertiary alicyclic amines) is 2. The Hall–Kier alpha value is -5.84. The minimum absolute atomic E-state index is 0.0955. The number of urea groups is 1. The highest BCUT2D eigenvalue weighted by atomic mass is 35.5. The first-order valence-electron chi connectivity index (χ1n) is 21.2. The van der Waals surface area contributed by atoms with Gasteiger partial charge < -0.3 is 34.8 Å². The van der Waals surface area contributed by atoms with Gasteiger partial charge in [-0.2, -0.15) is 0 Å². The van der Waals surface area contributed by atoms with Crippen LogP contribution in [0.2, 0.25) is 5.02 Å². The van der Waals surface area contributed by atoms with Crippen LogP contribution in [0.4, 0.5) is 26.4 Å². The van der Waals surface area contributed by atoms with Gasteiger partial charge in [-0.25, -0.2) is 14.2 Å². The number of rotatable bonds is 8. The van der Waals surface area contributed by atoms with E-state index in [-0.39, 0.29) is 60.9 Å². The first-order chi connectivity index (χ1) is 29.8. The number of hydrogen-bond acceptors (Lipinski definition) is 11. The maximum absolute atomic E-state index is 16.4. The molecule has 0 spiro atoms. The van der Waals surface area contributed by atoms with E-state index >= 15 is 4.39 Å². The number of phenolic OH excluding ortho intramolecular Hbond substituents is 1. The molecule has 0 unspecified atom stereocenters. The van der Waals surface area contributed by atoms with Crippen LogP contribution in [0, 0.1) is 6.92 Å². The maximum Gasteiger partial charge on any atom is 0.328 e. The first-order valence-corrected chi connectivity index (χ1v) is 21.6. The third-order valence-electron chi connectivity index (χ3n) is 12.8. The van der Waals surface area contributed by atoms with E-state index in [1.54, 1.807) is 46.3 Å². The molecule has 15 nitrogen and oxygen atoms in total. The van der Waals surface area contributed by atoms with E-state index in [0.717, 1.165) is 48.1 Å². The fourth-order valence-corrected chi connectivity index (χ4v) is 9.69. The van der Waals surface area contributed by atoms with Crippen molar-refractivity contribution in [1.29, 1.82) is 0 Å². The van der Waals surface area contributed by atoms with Crippen LogP contribution in [0.1, 0.15) is 72.7 Å². The third kappa shape index (κ3) is 8.26. The molecule has 3 aromatic heterocycles. The number of aryl methyl sites for hydroxylation is 1. The monoisotopic (exact) mass is 864 g/mol. The van der Waals surface area contributed by atoms with Crippen LogP contribution in [-0.4, -0.2) is 117 Å². The second-order valence-electron chi connectivity index (χ2n) is 17.1. The first kappa shape index (κ1) is 41.5. The summed E-state index contributed by atoms with van der Waals surface area (Å²) in [5.41, 5.74) is 10.4. The number of carbonyl (C=O) groups excluding carboxylic acids is 3. The number of pyridine rings is 1. The molecule has 0 bridgehead atoms. The number of fused-ring (bicyclic) bond motifs is 1. The van der Waals surface area contributed by atoms with Gasteiger partial charge in [-0.1, -0.05) is 29.8 Å². The van der Waals surface area contributed by atoms with E-state index in [2.05, 4.69) is 36.1 Å². The maximum atomic E-state index is 16.4. The van der Waals surface area contributed by atoms with Gasteiger partial charge in [-0.15, -0.1) is 10.2 Å². The normalized spacial score (nSPS) is 21.4. The van der Waals surface area contributed by atoms with Gasteiger partial charge in [0.2, 0.25) is 5.91 Å². The number of ether oxygens (including phenoxy) is 1. The SMILES string of the molecule is Cc1cn(C2CCN(CC3(F)CCN(C(=O)c4ccc([C@@H]5CN(c6cc(-c7ccccc7O)nnc6N)C[C@H](C)O5)cc4Cl)CC3)CC2)c2ncc(N3CCC(=O)NC3=O)cc12. The Bertz CT molecular complexity index is 2540. The average molecular weight is 865 g/mol. The average Bonchev–Trinajstić information content (AvgIpc) is 3.59. The second kappa shape index (κ2) is 16.8. The third-order valence-corrected chi connectivity index (χ3v) is 13.1. The number of benzene rings is 2. The molecular weight excluding hydrogens is 815 g/mol. The number of alkyl halides is 1. The summed E-state index contributed by atoms with van der Waals surface area (Å²) in [5.74, 6) is -0.140. The molecule has 324 valence electrons. The van der Waals surface area contributed by atoms with Gasteiger partial charge in [0.25, 0.3) is 5.91 Å². The van der Waals surface area contributed by atoms with Crippen LogP contribution in [-0.2, 0) is 9.53 Å². The van der Waals surface area contributed by atoms with Gasteiger partial charge >= 0.3 is 6.03 Å². The number of anilines is 3. The van der Waals surface area contributed by atoms with Crippen LogP contribution >= 0.6 is 11.6 Å². The van der Waals surface area contributed by atoms with Crippen molar-refractivity contribution in [3.63, 3.8) is 0 Å². The number of para-hydroxylation sites is 1. The molecule has 7 heterocycles. The van der Waals surface area contributed by atoms with Crippen LogP contribution in [0.5, 0.6) is 5.75 Å². The quantitative estimate of drug-likeness (QED) is 0.157. The van der Waals surface area contributed by atoms with Gasteiger partial charge in [0.05, 0.1) is 40.0 Å². The number of carbonyl (C=O) groups is 3. The van der Waals surface area contributed by atoms with Crippen LogP contribution in [0.15, 0.2) is 67.0 Å². The molecule has 4 saturated heterocycles. The molecule has 9 rings (SSSR count). The molecule has 4 aliphatic rings. The standard InChI is InChI=1S/C45H50ClFN10O5/c1-27-23-57(42-34(27)20-31(22-49-42)56-16-11-40(59)50-44(56)61)30-9-14-53(15-10-30)26-45(47)12-17-54(18-13-45)43(60)32-8-7-29(19-35(32)46)39-25-55(24-28(2)62-39)37-21-36(51-52-41(37)48)33-5-3-4-6-38(33)58/h3-8,19-23,28,30,39,58H,9-18,24-26H2,1-2H3,(H2,48,52)(H,50,59,61)/t28-,39-/m0/s1. The molecule has 0 saturated carbocycles. The summed E-state index contributed by atoms with van der Waals surface area (Å²) in [6.07, 6.45) is 5.67. The Morgan fingerprint density at radius 3 is 2.55 bits per heavy atom. The van der Waals surface area contributed by atoms with Crippen molar-refractivity contribution in [3.05, 3.63) is 88.7 Å².